The van der Waals surface area contributed by atoms with Crippen molar-refractivity contribution in [1.29, 1.82) is 0 Å². The molecule has 0 bridgehead atoms. The van der Waals surface area contributed by atoms with Gasteiger partial charge in [0.25, 0.3) is 0 Å². The Labute approximate surface area is 142 Å². The molecule has 0 aliphatic carbocycles. The highest BCUT2D eigenvalue weighted by Crippen LogP contribution is 2.24. The Morgan fingerprint density at radius 3 is 1.87 bits per heavy atom. The van der Waals surface area contributed by atoms with Gasteiger partial charge in [0.2, 0.25) is 0 Å². The molecular formula is C20H33NO2. The van der Waals surface area contributed by atoms with Crippen LogP contribution in [0.1, 0.15) is 48.0 Å². The predicted octanol–water partition coefficient (Wildman–Crippen LogP) is 4.38. The Morgan fingerprint density at radius 2 is 1.57 bits per heavy atom. The molecule has 1 aromatic rings. The molecule has 130 valence electrons. The Balaban J connectivity index is 0.000000366. The summed E-state index contributed by atoms with van der Waals surface area (Å²) in [6.07, 6.45) is 1.19. The second-order valence-corrected chi connectivity index (χ2v) is 7.77. The molecule has 2 rings (SSSR count). The quantitative estimate of drug-likeness (QED) is 0.774. The van der Waals surface area contributed by atoms with Gasteiger partial charge in [-0.3, -0.25) is 9.69 Å². The summed E-state index contributed by atoms with van der Waals surface area (Å²) in [5.74, 6) is 0.926. The van der Waals surface area contributed by atoms with Crippen LogP contribution in [-0.4, -0.2) is 35.6 Å². The molecule has 2 atom stereocenters. The largest absolute Gasteiger partial charge is 0.459 e. The minimum absolute atomic E-state index is 0.0680. The van der Waals surface area contributed by atoms with Crippen molar-refractivity contribution in [1.82, 2.24) is 4.90 Å². The molecule has 23 heavy (non-hydrogen) atoms. The van der Waals surface area contributed by atoms with Crippen LogP contribution in [0.2, 0.25) is 0 Å². The first kappa shape index (κ1) is 19.7. The zero-order chi connectivity index (χ0) is 17.5. The van der Waals surface area contributed by atoms with E-state index in [-0.39, 0.29) is 12.0 Å². The molecular weight excluding hydrogens is 286 g/mol. The van der Waals surface area contributed by atoms with Crippen LogP contribution in [0.3, 0.4) is 0 Å². The van der Waals surface area contributed by atoms with Crippen molar-refractivity contribution in [3.8, 4) is 0 Å². The number of esters is 1. The van der Waals surface area contributed by atoms with Crippen LogP contribution in [0, 0.1) is 11.8 Å². The summed E-state index contributed by atoms with van der Waals surface area (Å²) in [5, 5.41) is 0. The fourth-order valence-electron chi connectivity index (χ4n) is 2.81. The number of rotatable bonds is 3. The molecule has 0 spiro atoms. The molecule has 0 amide bonds. The summed E-state index contributed by atoms with van der Waals surface area (Å²) in [6.45, 7) is 14.2. The minimum Gasteiger partial charge on any atom is -0.459 e. The molecule has 1 aliphatic heterocycles. The number of carbonyl (C=O) groups is 1. The molecule has 3 heteroatoms. The summed E-state index contributed by atoms with van der Waals surface area (Å²) in [6, 6.07) is 11.9. The van der Waals surface area contributed by atoms with Crippen molar-refractivity contribution in [2.24, 2.45) is 11.8 Å². The van der Waals surface area contributed by atoms with E-state index in [1.165, 1.54) is 6.42 Å². The first-order valence-corrected chi connectivity index (χ1v) is 8.67. The predicted molar refractivity (Wildman–Crippen MR) is 96.3 cm³/mol. The van der Waals surface area contributed by atoms with Crippen LogP contribution < -0.4 is 0 Å². The normalized spacial score (nSPS) is 19.9. The summed E-state index contributed by atoms with van der Waals surface area (Å²) in [4.78, 5) is 14.5. The smallest absolute Gasteiger partial charge is 0.324 e. The fourth-order valence-corrected chi connectivity index (χ4v) is 2.81. The standard InChI is InChI=1S/C14H27NO2.C6H6/c1-10(2)12(13(16)17-14(4,5)6)15-8-7-11(3)9-15;1-2-4-6-5-3-1/h10-12H,7-9H2,1-6H3;1-6H. The molecule has 3 nitrogen and oxygen atoms in total. The van der Waals surface area contributed by atoms with Crippen LogP contribution in [0.5, 0.6) is 0 Å². The monoisotopic (exact) mass is 319 g/mol. The van der Waals surface area contributed by atoms with Crippen LogP contribution in [-0.2, 0) is 9.53 Å². The molecule has 1 aromatic carbocycles. The first-order chi connectivity index (χ1) is 10.7. The summed E-state index contributed by atoms with van der Waals surface area (Å²) in [5.41, 5.74) is -0.393. The number of hydrogen-bond donors (Lipinski definition) is 0. The fraction of sp³-hybridized carbons (Fsp3) is 0.650. The topological polar surface area (TPSA) is 29.5 Å². The summed E-state index contributed by atoms with van der Waals surface area (Å²) < 4.78 is 5.53. The molecule has 1 fully saturated rings. The Kier molecular flexibility index (Phi) is 7.77. The van der Waals surface area contributed by atoms with E-state index in [1.807, 2.05) is 57.2 Å². The van der Waals surface area contributed by atoms with Gasteiger partial charge < -0.3 is 4.74 Å². The van der Waals surface area contributed by atoms with Crippen LogP contribution in [0.15, 0.2) is 36.4 Å². The zero-order valence-corrected chi connectivity index (χ0v) is 15.6. The van der Waals surface area contributed by atoms with E-state index in [1.54, 1.807) is 0 Å². The maximum atomic E-state index is 12.2. The zero-order valence-electron chi connectivity index (χ0n) is 15.6. The van der Waals surface area contributed by atoms with Crippen LogP contribution >= 0.6 is 0 Å². The molecule has 1 saturated heterocycles. The third-order valence-electron chi connectivity index (χ3n) is 3.80. The lowest BCUT2D eigenvalue weighted by atomic mass is 10.0. The van der Waals surface area contributed by atoms with Gasteiger partial charge in [0.15, 0.2) is 0 Å². The van der Waals surface area contributed by atoms with E-state index < -0.39 is 5.60 Å². The number of benzene rings is 1. The highest BCUT2D eigenvalue weighted by atomic mass is 16.6. The number of nitrogens with zero attached hydrogens (tertiary/aromatic N) is 1. The minimum atomic E-state index is -0.393. The van der Waals surface area contributed by atoms with E-state index in [4.69, 9.17) is 4.74 Å². The van der Waals surface area contributed by atoms with E-state index in [9.17, 15) is 4.79 Å². The maximum absolute atomic E-state index is 12.2. The van der Waals surface area contributed by atoms with Gasteiger partial charge in [0.1, 0.15) is 11.6 Å². The first-order valence-electron chi connectivity index (χ1n) is 8.67. The van der Waals surface area contributed by atoms with Crippen molar-refractivity contribution in [3.05, 3.63) is 36.4 Å². The molecule has 0 N–H and O–H groups in total. The van der Waals surface area contributed by atoms with Gasteiger partial charge in [-0.15, -0.1) is 0 Å². The maximum Gasteiger partial charge on any atom is 0.324 e. The van der Waals surface area contributed by atoms with Crippen molar-refractivity contribution in [2.45, 2.75) is 59.6 Å². The number of hydrogen-bond acceptors (Lipinski definition) is 3. The SMILES string of the molecule is CC1CCN(C(C(=O)OC(C)(C)C)C(C)C)C1.c1ccccc1. The van der Waals surface area contributed by atoms with Crippen molar-refractivity contribution >= 4 is 5.97 Å². The molecule has 1 heterocycles. The number of carbonyl (C=O) groups excluding carboxylic acids is 1. The van der Waals surface area contributed by atoms with Gasteiger partial charge in [-0.1, -0.05) is 57.2 Å². The lowest BCUT2D eigenvalue weighted by molar-refractivity contribution is -0.162. The number of likely N-dealkylation sites (tertiary alicyclic amines) is 1. The molecule has 1 aliphatic rings. The van der Waals surface area contributed by atoms with Gasteiger partial charge in [-0.05, 0) is 45.6 Å². The van der Waals surface area contributed by atoms with E-state index in [0.29, 0.717) is 11.8 Å². The second-order valence-electron chi connectivity index (χ2n) is 7.77. The molecule has 0 aromatic heterocycles. The lowest BCUT2D eigenvalue weighted by Gasteiger charge is -2.32. The van der Waals surface area contributed by atoms with Crippen LogP contribution in [0.25, 0.3) is 0 Å². The van der Waals surface area contributed by atoms with Crippen LogP contribution in [0.4, 0.5) is 0 Å². The van der Waals surface area contributed by atoms with Gasteiger partial charge >= 0.3 is 5.97 Å². The van der Waals surface area contributed by atoms with Crippen molar-refractivity contribution in [3.63, 3.8) is 0 Å². The Hall–Kier alpha value is -1.35. The lowest BCUT2D eigenvalue weighted by Crippen LogP contribution is -2.46. The van der Waals surface area contributed by atoms with Gasteiger partial charge in [-0.25, -0.2) is 0 Å². The van der Waals surface area contributed by atoms with Gasteiger partial charge in [-0.2, -0.15) is 0 Å². The van der Waals surface area contributed by atoms with Crippen molar-refractivity contribution in [2.75, 3.05) is 13.1 Å². The number of ether oxygens (including phenoxy) is 1. The van der Waals surface area contributed by atoms with Gasteiger partial charge in [0.05, 0.1) is 0 Å². The molecule has 0 radical (unpaired) electrons. The van der Waals surface area contributed by atoms with Crippen molar-refractivity contribution < 1.29 is 9.53 Å². The Morgan fingerprint density at radius 1 is 1.09 bits per heavy atom. The molecule has 0 saturated carbocycles. The average Bonchev–Trinajstić information content (AvgIpc) is 2.85. The third-order valence-corrected chi connectivity index (χ3v) is 3.80. The van der Waals surface area contributed by atoms with E-state index in [0.717, 1.165) is 13.1 Å². The summed E-state index contributed by atoms with van der Waals surface area (Å²) >= 11 is 0. The van der Waals surface area contributed by atoms with E-state index in [2.05, 4.69) is 25.7 Å². The highest BCUT2D eigenvalue weighted by molar-refractivity contribution is 5.76. The highest BCUT2D eigenvalue weighted by Gasteiger charge is 2.35. The third kappa shape index (κ3) is 7.65. The Bertz CT molecular complexity index is 424. The second kappa shape index (κ2) is 9.07. The van der Waals surface area contributed by atoms with Gasteiger partial charge in [0, 0.05) is 6.54 Å². The van der Waals surface area contributed by atoms with E-state index >= 15 is 0 Å². The average molecular weight is 319 g/mol. The summed E-state index contributed by atoms with van der Waals surface area (Å²) in [7, 11) is 0. The molecule has 2 unspecified atom stereocenters.